The summed E-state index contributed by atoms with van der Waals surface area (Å²) in [4.78, 5) is 14.3. The summed E-state index contributed by atoms with van der Waals surface area (Å²) in [5.74, 6) is 0.198. The minimum atomic E-state index is -0.998. The second-order valence-electron chi connectivity index (χ2n) is 5.88. The van der Waals surface area contributed by atoms with Crippen molar-refractivity contribution in [3.05, 3.63) is 53.6 Å². The highest BCUT2D eigenvalue weighted by Gasteiger charge is 2.31. The number of nitrogens with zero attached hydrogens (tertiary/aromatic N) is 1. The average Bonchev–Trinajstić information content (AvgIpc) is 3.14. The number of carbonyl (C=O) groups excluding carboxylic acids is 1. The molecule has 0 bridgehead atoms. The van der Waals surface area contributed by atoms with Gasteiger partial charge < -0.3 is 19.7 Å². The van der Waals surface area contributed by atoms with Gasteiger partial charge in [0.2, 0.25) is 0 Å². The summed E-state index contributed by atoms with van der Waals surface area (Å²) in [6, 6.07) is 8.56. The first-order valence-electron chi connectivity index (χ1n) is 8.15. The minimum Gasteiger partial charge on any atom is -0.486 e. The lowest BCUT2D eigenvalue weighted by Crippen LogP contribution is -2.34. The normalized spacial score (nSPS) is 18.7. The third kappa shape index (κ3) is 3.29. The first-order chi connectivity index (χ1) is 12.6. The van der Waals surface area contributed by atoms with Crippen LogP contribution in [0.4, 0.5) is 19.3 Å². The summed E-state index contributed by atoms with van der Waals surface area (Å²) in [6.07, 6.45) is 0. The van der Waals surface area contributed by atoms with Gasteiger partial charge in [-0.25, -0.2) is 13.6 Å². The van der Waals surface area contributed by atoms with Gasteiger partial charge in [0, 0.05) is 24.1 Å². The van der Waals surface area contributed by atoms with Gasteiger partial charge in [-0.1, -0.05) is 6.07 Å². The molecule has 5 nitrogen and oxygen atoms in total. The number of ether oxygens (including phenoxy) is 2. The van der Waals surface area contributed by atoms with Gasteiger partial charge >= 0.3 is 6.03 Å². The number of rotatable bonds is 2. The van der Waals surface area contributed by atoms with Gasteiger partial charge in [0.1, 0.15) is 18.6 Å². The lowest BCUT2D eigenvalue weighted by atomic mass is 10.1. The molecule has 1 fully saturated rings. The Balaban J connectivity index is 1.52. The van der Waals surface area contributed by atoms with Crippen molar-refractivity contribution in [1.82, 2.24) is 4.90 Å². The van der Waals surface area contributed by atoms with Crippen molar-refractivity contribution in [3.8, 4) is 11.5 Å². The first-order valence-corrected chi connectivity index (χ1v) is 9.20. The van der Waals surface area contributed by atoms with E-state index in [9.17, 15) is 13.6 Å². The Labute approximate surface area is 153 Å². The highest BCUT2D eigenvalue weighted by Crippen LogP contribution is 2.41. The topological polar surface area (TPSA) is 50.8 Å². The number of hydrogen-bond donors (Lipinski definition) is 1. The molecule has 2 aromatic rings. The van der Waals surface area contributed by atoms with Crippen LogP contribution in [0.3, 0.4) is 0 Å². The maximum Gasteiger partial charge on any atom is 0.323 e. The molecule has 1 N–H and O–H groups in total. The Bertz CT molecular complexity index is 849. The average molecular weight is 378 g/mol. The van der Waals surface area contributed by atoms with Crippen molar-refractivity contribution in [3.63, 3.8) is 0 Å². The lowest BCUT2D eigenvalue weighted by Gasteiger charge is -2.26. The largest absolute Gasteiger partial charge is 0.486 e. The maximum absolute atomic E-state index is 13.3. The minimum absolute atomic E-state index is 0.184. The third-order valence-corrected chi connectivity index (χ3v) is 5.43. The summed E-state index contributed by atoms with van der Waals surface area (Å²) in [7, 11) is 0. The van der Waals surface area contributed by atoms with Gasteiger partial charge in [-0.05, 0) is 29.8 Å². The van der Waals surface area contributed by atoms with Crippen molar-refractivity contribution in [1.29, 1.82) is 0 Å². The van der Waals surface area contributed by atoms with E-state index in [-0.39, 0.29) is 17.1 Å². The van der Waals surface area contributed by atoms with Gasteiger partial charge in [-0.2, -0.15) is 0 Å². The zero-order chi connectivity index (χ0) is 18.1. The van der Waals surface area contributed by atoms with Crippen LogP contribution in [-0.2, 0) is 0 Å². The van der Waals surface area contributed by atoms with Crippen LogP contribution in [0, 0.1) is 11.6 Å². The third-order valence-electron chi connectivity index (χ3n) is 4.17. The molecule has 2 amide bonds. The van der Waals surface area contributed by atoms with E-state index >= 15 is 0 Å². The fraction of sp³-hybridized carbons (Fsp3) is 0.278. The Morgan fingerprint density at radius 2 is 1.88 bits per heavy atom. The monoisotopic (exact) mass is 378 g/mol. The van der Waals surface area contributed by atoms with E-state index in [1.807, 2.05) is 18.2 Å². The van der Waals surface area contributed by atoms with Gasteiger partial charge in [-0.15, -0.1) is 11.8 Å². The number of nitrogens with one attached hydrogen (secondary N) is 1. The molecule has 136 valence electrons. The summed E-state index contributed by atoms with van der Waals surface area (Å²) in [6.45, 7) is 1.57. The van der Waals surface area contributed by atoms with Crippen LogP contribution in [0.25, 0.3) is 0 Å². The molecule has 0 radical (unpaired) electrons. The fourth-order valence-corrected chi connectivity index (χ4v) is 4.18. The molecule has 2 aliphatic heterocycles. The summed E-state index contributed by atoms with van der Waals surface area (Å²) in [5.41, 5.74) is 1.14. The van der Waals surface area contributed by atoms with Crippen molar-refractivity contribution in [2.45, 2.75) is 5.37 Å². The predicted molar refractivity (Wildman–Crippen MR) is 94.7 cm³/mol. The van der Waals surface area contributed by atoms with E-state index in [1.54, 1.807) is 16.7 Å². The molecule has 2 heterocycles. The van der Waals surface area contributed by atoms with Gasteiger partial charge in [-0.3, -0.25) is 0 Å². The van der Waals surface area contributed by atoms with Crippen LogP contribution < -0.4 is 14.8 Å². The molecular weight excluding hydrogens is 362 g/mol. The number of halogens is 2. The molecule has 2 aliphatic rings. The van der Waals surface area contributed by atoms with Crippen molar-refractivity contribution < 1.29 is 23.0 Å². The van der Waals surface area contributed by atoms with Crippen molar-refractivity contribution in [2.24, 2.45) is 0 Å². The molecule has 1 saturated heterocycles. The molecule has 1 unspecified atom stereocenters. The van der Waals surface area contributed by atoms with Crippen LogP contribution in [0.2, 0.25) is 0 Å². The van der Waals surface area contributed by atoms with Crippen LogP contribution in [0.1, 0.15) is 10.9 Å². The Morgan fingerprint density at radius 1 is 1.08 bits per heavy atom. The maximum atomic E-state index is 13.3. The number of urea groups is 1. The number of carbonyl (C=O) groups is 1. The highest BCUT2D eigenvalue weighted by molar-refractivity contribution is 7.99. The molecule has 0 aliphatic carbocycles. The number of hydrogen-bond acceptors (Lipinski definition) is 4. The van der Waals surface area contributed by atoms with E-state index < -0.39 is 11.6 Å². The van der Waals surface area contributed by atoms with Crippen LogP contribution in [0.15, 0.2) is 36.4 Å². The van der Waals surface area contributed by atoms with Crippen molar-refractivity contribution >= 4 is 23.5 Å². The number of fused-ring (bicyclic) bond motifs is 1. The highest BCUT2D eigenvalue weighted by atomic mass is 32.2. The molecule has 2 aromatic carbocycles. The van der Waals surface area contributed by atoms with E-state index in [1.165, 1.54) is 6.07 Å². The zero-order valence-electron chi connectivity index (χ0n) is 13.7. The predicted octanol–water partition coefficient (Wildman–Crippen LogP) is 4.02. The number of amides is 2. The smallest absolute Gasteiger partial charge is 0.323 e. The fourth-order valence-electron chi connectivity index (χ4n) is 2.94. The Morgan fingerprint density at radius 3 is 2.69 bits per heavy atom. The summed E-state index contributed by atoms with van der Waals surface area (Å²) in [5, 5.41) is 2.44. The lowest BCUT2D eigenvalue weighted by molar-refractivity contribution is 0.171. The number of anilines is 1. The first kappa shape index (κ1) is 17.0. The summed E-state index contributed by atoms with van der Waals surface area (Å²) >= 11 is 1.63. The molecule has 8 heteroatoms. The second-order valence-corrected chi connectivity index (χ2v) is 7.07. The molecule has 0 saturated carbocycles. The Hall–Kier alpha value is -2.48. The molecular formula is C18H16F2N2O3S. The quantitative estimate of drug-likeness (QED) is 0.858. The Kier molecular flexibility index (Phi) is 4.58. The van der Waals surface area contributed by atoms with Crippen LogP contribution in [-0.4, -0.2) is 36.4 Å². The van der Waals surface area contributed by atoms with Gasteiger partial charge in [0.15, 0.2) is 23.1 Å². The van der Waals surface area contributed by atoms with Gasteiger partial charge in [0.05, 0.1) is 0 Å². The standard InChI is InChI=1S/C18H16F2N2O3S/c19-13-3-2-12(10-14(13)20)21-18(23)22-5-8-26-17(22)11-1-4-15-16(9-11)25-7-6-24-15/h1-4,9-10,17H,5-8H2,(H,21,23). The van der Waals surface area contributed by atoms with Crippen LogP contribution >= 0.6 is 11.8 Å². The zero-order valence-corrected chi connectivity index (χ0v) is 14.5. The number of benzene rings is 2. The molecule has 26 heavy (non-hydrogen) atoms. The second kappa shape index (κ2) is 7.03. The van der Waals surface area contributed by atoms with E-state index in [4.69, 9.17) is 9.47 Å². The van der Waals surface area contributed by atoms with Gasteiger partial charge in [0.25, 0.3) is 0 Å². The molecule has 4 rings (SSSR count). The van der Waals surface area contributed by atoms with Crippen LogP contribution in [0.5, 0.6) is 11.5 Å². The molecule has 0 aromatic heterocycles. The number of thioether (sulfide) groups is 1. The van der Waals surface area contributed by atoms with E-state index in [0.29, 0.717) is 31.3 Å². The summed E-state index contributed by atoms with van der Waals surface area (Å²) < 4.78 is 37.5. The van der Waals surface area contributed by atoms with Crippen molar-refractivity contribution in [2.75, 3.05) is 30.8 Å². The molecule has 0 spiro atoms. The van der Waals surface area contributed by atoms with E-state index in [0.717, 1.165) is 23.4 Å². The molecule has 1 atom stereocenters. The van der Waals surface area contributed by atoms with E-state index in [2.05, 4.69) is 5.32 Å². The SMILES string of the molecule is O=C(Nc1ccc(F)c(F)c1)N1CCSC1c1ccc2c(c1)OCCO2.